The summed E-state index contributed by atoms with van der Waals surface area (Å²) in [6.07, 6.45) is 3.53. The Morgan fingerprint density at radius 2 is 1.83 bits per heavy atom. The highest BCUT2D eigenvalue weighted by Gasteiger charge is 2.21. The largest absolute Gasteiger partial charge is 0.326 e. The van der Waals surface area contributed by atoms with Crippen molar-refractivity contribution in [3.8, 4) is 21.8 Å². The molecule has 3 rings (SSSR count). The highest BCUT2D eigenvalue weighted by molar-refractivity contribution is 7.13. The van der Waals surface area contributed by atoms with Gasteiger partial charge in [-0.3, -0.25) is 9.78 Å². The van der Waals surface area contributed by atoms with E-state index < -0.39 is 5.41 Å². The zero-order valence-corrected chi connectivity index (χ0v) is 14.7. The van der Waals surface area contributed by atoms with Gasteiger partial charge >= 0.3 is 0 Å². The number of hydrogen-bond acceptors (Lipinski definition) is 4. The van der Waals surface area contributed by atoms with E-state index in [1.54, 1.807) is 23.7 Å². The minimum Gasteiger partial charge on any atom is -0.326 e. The van der Waals surface area contributed by atoms with Crippen LogP contribution in [0.15, 0.2) is 54.2 Å². The number of anilines is 1. The summed E-state index contributed by atoms with van der Waals surface area (Å²) in [7, 11) is 0. The second kappa shape index (κ2) is 6.53. The lowest BCUT2D eigenvalue weighted by molar-refractivity contribution is -0.123. The Bertz CT molecular complexity index is 850. The number of rotatable bonds is 3. The van der Waals surface area contributed by atoms with Crippen molar-refractivity contribution in [2.45, 2.75) is 20.8 Å². The number of hydrogen-bond donors (Lipinski definition) is 1. The first-order valence-corrected chi connectivity index (χ1v) is 8.59. The number of thiazole rings is 1. The maximum atomic E-state index is 12.1. The highest BCUT2D eigenvalue weighted by Crippen LogP contribution is 2.30. The molecular formula is C19H19N3OS. The SMILES string of the molecule is CC(C)(C)C(=O)Nc1cccc(-c2csc(-c3ccncc3)n2)c1. The van der Waals surface area contributed by atoms with Crippen LogP contribution in [0.2, 0.25) is 0 Å². The maximum absolute atomic E-state index is 12.1. The summed E-state index contributed by atoms with van der Waals surface area (Å²) < 4.78 is 0. The van der Waals surface area contributed by atoms with E-state index in [0.29, 0.717) is 0 Å². The van der Waals surface area contributed by atoms with Crippen LogP contribution in [0, 0.1) is 5.41 Å². The molecule has 0 bridgehead atoms. The minimum absolute atomic E-state index is 0.00426. The van der Waals surface area contributed by atoms with Crippen LogP contribution in [0.25, 0.3) is 21.8 Å². The van der Waals surface area contributed by atoms with Crippen molar-refractivity contribution >= 4 is 22.9 Å². The molecule has 5 heteroatoms. The molecule has 0 aliphatic carbocycles. The molecule has 2 heterocycles. The van der Waals surface area contributed by atoms with Crippen molar-refractivity contribution in [2.75, 3.05) is 5.32 Å². The standard InChI is InChI=1S/C19H19N3OS/c1-19(2,3)18(23)21-15-6-4-5-14(11-15)16-12-24-17(22-16)13-7-9-20-10-8-13/h4-12H,1-3H3,(H,21,23). The summed E-state index contributed by atoms with van der Waals surface area (Å²) in [6.45, 7) is 5.69. The molecule has 0 aliphatic heterocycles. The number of carbonyl (C=O) groups is 1. The molecule has 0 unspecified atom stereocenters. The van der Waals surface area contributed by atoms with Crippen LogP contribution in [-0.4, -0.2) is 15.9 Å². The van der Waals surface area contributed by atoms with Crippen molar-refractivity contribution in [1.29, 1.82) is 0 Å². The molecule has 1 amide bonds. The van der Waals surface area contributed by atoms with E-state index in [2.05, 4.69) is 10.3 Å². The lowest BCUT2D eigenvalue weighted by Crippen LogP contribution is -2.27. The minimum atomic E-state index is -0.425. The van der Waals surface area contributed by atoms with Crippen molar-refractivity contribution in [3.63, 3.8) is 0 Å². The molecule has 4 nitrogen and oxygen atoms in total. The average molecular weight is 337 g/mol. The van der Waals surface area contributed by atoms with Gasteiger partial charge in [0.05, 0.1) is 5.69 Å². The Hall–Kier alpha value is -2.53. The number of benzene rings is 1. The summed E-state index contributed by atoms with van der Waals surface area (Å²) >= 11 is 1.60. The van der Waals surface area contributed by atoms with Gasteiger partial charge in [0.1, 0.15) is 5.01 Å². The van der Waals surface area contributed by atoms with Gasteiger partial charge in [0, 0.05) is 40.0 Å². The molecular weight excluding hydrogens is 318 g/mol. The molecule has 1 aromatic carbocycles. The molecule has 0 saturated heterocycles. The average Bonchev–Trinajstić information content (AvgIpc) is 3.05. The molecule has 0 saturated carbocycles. The van der Waals surface area contributed by atoms with Crippen LogP contribution in [0.4, 0.5) is 5.69 Å². The molecule has 2 aromatic heterocycles. The first-order valence-electron chi connectivity index (χ1n) is 7.71. The van der Waals surface area contributed by atoms with E-state index in [1.165, 1.54) is 0 Å². The smallest absolute Gasteiger partial charge is 0.229 e. The van der Waals surface area contributed by atoms with Gasteiger partial charge in [-0.2, -0.15) is 0 Å². The van der Waals surface area contributed by atoms with Crippen molar-refractivity contribution in [3.05, 3.63) is 54.2 Å². The van der Waals surface area contributed by atoms with Gasteiger partial charge in [0.2, 0.25) is 5.91 Å². The number of nitrogens with zero attached hydrogens (tertiary/aromatic N) is 2. The number of nitrogens with one attached hydrogen (secondary N) is 1. The van der Waals surface area contributed by atoms with Gasteiger partial charge < -0.3 is 5.32 Å². The van der Waals surface area contributed by atoms with Crippen molar-refractivity contribution in [1.82, 2.24) is 9.97 Å². The summed E-state index contributed by atoms with van der Waals surface area (Å²) in [5.74, 6) is -0.00426. The third-order valence-corrected chi connectivity index (χ3v) is 4.42. The Morgan fingerprint density at radius 1 is 1.08 bits per heavy atom. The van der Waals surface area contributed by atoms with Crippen LogP contribution >= 0.6 is 11.3 Å². The topological polar surface area (TPSA) is 54.9 Å². The summed E-state index contributed by atoms with van der Waals surface area (Å²) in [5, 5.41) is 5.94. The van der Waals surface area contributed by atoms with Gasteiger partial charge in [-0.25, -0.2) is 4.98 Å². The second-order valence-electron chi connectivity index (χ2n) is 6.56. The quantitative estimate of drug-likeness (QED) is 0.743. The monoisotopic (exact) mass is 337 g/mol. The Labute approximate surface area is 145 Å². The van der Waals surface area contributed by atoms with Crippen LogP contribution in [0.1, 0.15) is 20.8 Å². The fourth-order valence-corrected chi connectivity index (χ4v) is 2.94. The van der Waals surface area contributed by atoms with E-state index >= 15 is 0 Å². The van der Waals surface area contributed by atoms with E-state index in [0.717, 1.165) is 27.5 Å². The molecule has 24 heavy (non-hydrogen) atoms. The number of carbonyl (C=O) groups excluding carboxylic acids is 1. The van der Waals surface area contributed by atoms with Crippen LogP contribution < -0.4 is 5.32 Å². The number of aromatic nitrogens is 2. The number of amides is 1. The normalized spacial score (nSPS) is 11.3. The van der Waals surface area contributed by atoms with Gasteiger partial charge in [-0.05, 0) is 24.3 Å². The van der Waals surface area contributed by atoms with Crippen LogP contribution in [0.5, 0.6) is 0 Å². The van der Waals surface area contributed by atoms with E-state index in [-0.39, 0.29) is 5.91 Å². The summed E-state index contributed by atoms with van der Waals surface area (Å²) in [4.78, 5) is 20.9. The summed E-state index contributed by atoms with van der Waals surface area (Å²) in [5.41, 5.74) is 3.30. The third kappa shape index (κ3) is 3.68. The predicted octanol–water partition coefficient (Wildman–Crippen LogP) is 4.86. The molecule has 3 aromatic rings. The van der Waals surface area contributed by atoms with Crippen molar-refractivity contribution in [2.24, 2.45) is 5.41 Å². The molecule has 0 aliphatic rings. The fourth-order valence-electron chi connectivity index (χ4n) is 2.11. The first kappa shape index (κ1) is 16.3. The van der Waals surface area contributed by atoms with Crippen LogP contribution in [-0.2, 0) is 4.79 Å². The first-order chi connectivity index (χ1) is 11.4. The second-order valence-corrected chi connectivity index (χ2v) is 7.42. The van der Waals surface area contributed by atoms with Crippen LogP contribution in [0.3, 0.4) is 0 Å². The molecule has 0 atom stereocenters. The zero-order valence-electron chi connectivity index (χ0n) is 13.9. The molecule has 1 N–H and O–H groups in total. The lowest BCUT2D eigenvalue weighted by Gasteiger charge is -2.17. The highest BCUT2D eigenvalue weighted by atomic mass is 32.1. The molecule has 0 fully saturated rings. The van der Waals surface area contributed by atoms with E-state index in [1.807, 2.05) is 62.5 Å². The van der Waals surface area contributed by atoms with Gasteiger partial charge in [0.25, 0.3) is 0 Å². The molecule has 0 radical (unpaired) electrons. The molecule has 122 valence electrons. The maximum Gasteiger partial charge on any atom is 0.229 e. The predicted molar refractivity (Wildman–Crippen MR) is 98.9 cm³/mol. The van der Waals surface area contributed by atoms with Crippen molar-refractivity contribution < 1.29 is 4.79 Å². The third-order valence-electron chi connectivity index (χ3n) is 3.53. The molecule has 0 spiro atoms. The Kier molecular flexibility index (Phi) is 4.44. The van der Waals surface area contributed by atoms with E-state index in [4.69, 9.17) is 4.98 Å². The van der Waals surface area contributed by atoms with Gasteiger partial charge in [-0.1, -0.05) is 32.9 Å². The lowest BCUT2D eigenvalue weighted by atomic mass is 9.95. The van der Waals surface area contributed by atoms with E-state index in [9.17, 15) is 4.79 Å². The van der Waals surface area contributed by atoms with Gasteiger partial charge in [0.15, 0.2) is 0 Å². The fraction of sp³-hybridized carbons (Fsp3) is 0.211. The zero-order chi connectivity index (χ0) is 17.2. The van der Waals surface area contributed by atoms with Gasteiger partial charge in [-0.15, -0.1) is 11.3 Å². The Balaban J connectivity index is 1.85. The summed E-state index contributed by atoms with van der Waals surface area (Å²) in [6, 6.07) is 11.7. The Morgan fingerprint density at radius 3 is 2.54 bits per heavy atom. The number of pyridine rings is 1.